The van der Waals surface area contributed by atoms with Crippen molar-refractivity contribution in [1.29, 1.82) is 0 Å². The van der Waals surface area contributed by atoms with Crippen LogP contribution in [0.5, 0.6) is 0 Å². The average Bonchev–Trinajstić information content (AvgIpc) is 2.72. The Morgan fingerprint density at radius 2 is 2.31 bits per heavy atom. The smallest absolute Gasteiger partial charge is 0.128 e. The first-order valence-corrected chi connectivity index (χ1v) is 6.03. The molecule has 16 heavy (non-hydrogen) atoms. The maximum absolute atomic E-state index is 13.7. The van der Waals surface area contributed by atoms with E-state index in [0.717, 1.165) is 37.2 Å². The Kier molecular flexibility index (Phi) is 2.36. The highest BCUT2D eigenvalue weighted by atomic mass is 19.1. The molecule has 0 spiro atoms. The minimum absolute atomic E-state index is 0.0489. The summed E-state index contributed by atoms with van der Waals surface area (Å²) >= 11 is 0. The Morgan fingerprint density at radius 1 is 1.44 bits per heavy atom. The molecular weight excluding hydrogens is 203 g/mol. The van der Waals surface area contributed by atoms with Crippen molar-refractivity contribution in [2.45, 2.75) is 25.3 Å². The largest absolute Gasteiger partial charge is 0.368 e. The van der Waals surface area contributed by atoms with Gasteiger partial charge in [-0.25, -0.2) is 4.39 Å². The SMILES string of the molecule is NCC1CC2CCc3c(F)cccc3N2C1. The van der Waals surface area contributed by atoms with E-state index >= 15 is 0 Å². The number of anilines is 1. The average molecular weight is 220 g/mol. The quantitative estimate of drug-likeness (QED) is 0.783. The van der Waals surface area contributed by atoms with Crippen molar-refractivity contribution in [3.8, 4) is 0 Å². The van der Waals surface area contributed by atoms with Gasteiger partial charge in [0.05, 0.1) is 0 Å². The molecule has 1 aromatic rings. The molecular formula is C13H17FN2. The molecule has 0 bridgehead atoms. The molecule has 2 aliphatic rings. The van der Waals surface area contributed by atoms with Crippen LogP contribution in [0, 0.1) is 11.7 Å². The molecule has 2 N–H and O–H groups in total. The molecule has 1 fully saturated rings. The van der Waals surface area contributed by atoms with Crippen molar-refractivity contribution < 1.29 is 4.39 Å². The standard InChI is InChI=1S/C13H17FN2/c14-12-2-1-3-13-11(12)5-4-10-6-9(7-15)8-16(10)13/h1-3,9-10H,4-8,15H2. The topological polar surface area (TPSA) is 29.3 Å². The molecule has 2 aliphatic heterocycles. The Labute approximate surface area is 95.2 Å². The molecule has 3 rings (SSSR count). The predicted molar refractivity (Wildman–Crippen MR) is 63.0 cm³/mol. The van der Waals surface area contributed by atoms with Crippen LogP contribution in [0.2, 0.25) is 0 Å². The number of hydrogen-bond acceptors (Lipinski definition) is 2. The van der Waals surface area contributed by atoms with E-state index in [-0.39, 0.29) is 5.82 Å². The Morgan fingerprint density at radius 3 is 3.12 bits per heavy atom. The molecule has 2 heterocycles. The van der Waals surface area contributed by atoms with Crippen LogP contribution in [-0.2, 0) is 6.42 Å². The third-order valence-corrected chi connectivity index (χ3v) is 3.97. The van der Waals surface area contributed by atoms with Crippen LogP contribution in [0.4, 0.5) is 10.1 Å². The molecule has 0 radical (unpaired) electrons. The van der Waals surface area contributed by atoms with Gasteiger partial charge in [-0.1, -0.05) is 6.07 Å². The Bertz CT molecular complexity index is 405. The molecule has 1 aromatic carbocycles. The summed E-state index contributed by atoms with van der Waals surface area (Å²) in [5.74, 6) is 0.534. The second-order valence-corrected chi connectivity index (χ2v) is 4.92. The van der Waals surface area contributed by atoms with Crippen LogP contribution >= 0.6 is 0 Å². The maximum Gasteiger partial charge on any atom is 0.128 e. The van der Waals surface area contributed by atoms with Gasteiger partial charge in [-0.3, -0.25) is 0 Å². The van der Waals surface area contributed by atoms with Gasteiger partial charge in [0.1, 0.15) is 5.82 Å². The van der Waals surface area contributed by atoms with E-state index in [1.807, 2.05) is 12.1 Å². The van der Waals surface area contributed by atoms with Crippen molar-refractivity contribution in [3.63, 3.8) is 0 Å². The second kappa shape index (κ2) is 3.74. The first-order chi connectivity index (χ1) is 7.79. The van der Waals surface area contributed by atoms with Gasteiger partial charge in [-0.05, 0) is 43.9 Å². The summed E-state index contributed by atoms with van der Waals surface area (Å²) in [6.45, 7) is 1.75. The summed E-state index contributed by atoms with van der Waals surface area (Å²) in [6.07, 6.45) is 3.12. The van der Waals surface area contributed by atoms with Crippen molar-refractivity contribution in [2.24, 2.45) is 11.7 Å². The van der Waals surface area contributed by atoms with Crippen LogP contribution in [0.1, 0.15) is 18.4 Å². The van der Waals surface area contributed by atoms with E-state index in [9.17, 15) is 4.39 Å². The van der Waals surface area contributed by atoms with Gasteiger partial charge in [-0.2, -0.15) is 0 Å². The second-order valence-electron chi connectivity index (χ2n) is 4.92. The molecule has 1 saturated heterocycles. The number of hydrogen-bond donors (Lipinski definition) is 1. The van der Waals surface area contributed by atoms with E-state index in [4.69, 9.17) is 5.73 Å². The van der Waals surface area contributed by atoms with E-state index < -0.39 is 0 Å². The van der Waals surface area contributed by atoms with Gasteiger partial charge in [-0.15, -0.1) is 0 Å². The van der Waals surface area contributed by atoms with Crippen molar-refractivity contribution >= 4 is 5.69 Å². The third-order valence-electron chi connectivity index (χ3n) is 3.97. The lowest BCUT2D eigenvalue weighted by Crippen LogP contribution is -2.34. The molecule has 0 aliphatic carbocycles. The molecule has 2 unspecified atom stereocenters. The van der Waals surface area contributed by atoms with Gasteiger partial charge in [0.25, 0.3) is 0 Å². The zero-order valence-corrected chi connectivity index (χ0v) is 9.32. The van der Waals surface area contributed by atoms with Crippen LogP contribution < -0.4 is 10.6 Å². The van der Waals surface area contributed by atoms with Gasteiger partial charge < -0.3 is 10.6 Å². The van der Waals surface area contributed by atoms with Gasteiger partial charge >= 0.3 is 0 Å². The molecule has 86 valence electrons. The lowest BCUT2D eigenvalue weighted by molar-refractivity contribution is 0.524. The third kappa shape index (κ3) is 1.42. The van der Waals surface area contributed by atoms with Gasteiger partial charge in [0, 0.05) is 23.8 Å². The number of benzene rings is 1. The first kappa shape index (κ1) is 10.1. The van der Waals surface area contributed by atoms with E-state index in [1.165, 1.54) is 6.42 Å². The fourth-order valence-corrected chi connectivity index (χ4v) is 3.13. The highest BCUT2D eigenvalue weighted by Gasteiger charge is 2.35. The summed E-state index contributed by atoms with van der Waals surface area (Å²) in [4.78, 5) is 2.36. The van der Waals surface area contributed by atoms with Gasteiger partial charge in [0.15, 0.2) is 0 Å². The van der Waals surface area contributed by atoms with Crippen LogP contribution in [-0.4, -0.2) is 19.1 Å². The van der Waals surface area contributed by atoms with E-state index in [0.29, 0.717) is 12.0 Å². The fraction of sp³-hybridized carbons (Fsp3) is 0.538. The van der Waals surface area contributed by atoms with E-state index in [1.54, 1.807) is 6.07 Å². The number of nitrogens with zero attached hydrogens (tertiary/aromatic N) is 1. The van der Waals surface area contributed by atoms with E-state index in [2.05, 4.69) is 4.90 Å². The lowest BCUT2D eigenvalue weighted by atomic mass is 9.95. The summed E-state index contributed by atoms with van der Waals surface area (Å²) < 4.78 is 13.7. The molecule has 0 aromatic heterocycles. The van der Waals surface area contributed by atoms with Crippen molar-refractivity contribution in [2.75, 3.05) is 18.0 Å². The molecule has 2 atom stereocenters. The van der Waals surface area contributed by atoms with Crippen molar-refractivity contribution in [1.82, 2.24) is 0 Å². The highest BCUT2D eigenvalue weighted by Crippen LogP contribution is 2.38. The number of fused-ring (bicyclic) bond motifs is 3. The zero-order valence-electron chi connectivity index (χ0n) is 9.32. The number of rotatable bonds is 1. The molecule has 0 saturated carbocycles. The highest BCUT2D eigenvalue weighted by molar-refractivity contribution is 5.58. The minimum atomic E-state index is -0.0489. The molecule has 2 nitrogen and oxygen atoms in total. The summed E-state index contributed by atoms with van der Waals surface area (Å²) in [7, 11) is 0. The summed E-state index contributed by atoms with van der Waals surface area (Å²) in [5.41, 5.74) is 7.74. The molecule has 0 amide bonds. The van der Waals surface area contributed by atoms with Crippen LogP contribution in [0.25, 0.3) is 0 Å². The monoisotopic (exact) mass is 220 g/mol. The number of halogens is 1. The predicted octanol–water partition coefficient (Wildman–Crippen LogP) is 1.93. The van der Waals surface area contributed by atoms with Crippen LogP contribution in [0.15, 0.2) is 18.2 Å². The summed E-state index contributed by atoms with van der Waals surface area (Å²) in [5, 5.41) is 0. The number of nitrogens with two attached hydrogens (primary N) is 1. The first-order valence-electron chi connectivity index (χ1n) is 6.03. The normalized spacial score (nSPS) is 27.8. The van der Waals surface area contributed by atoms with Gasteiger partial charge in [0.2, 0.25) is 0 Å². The minimum Gasteiger partial charge on any atom is -0.368 e. The molecule has 3 heteroatoms. The van der Waals surface area contributed by atoms with Crippen LogP contribution in [0.3, 0.4) is 0 Å². The Hall–Kier alpha value is -1.09. The lowest BCUT2D eigenvalue weighted by Gasteiger charge is -2.33. The van der Waals surface area contributed by atoms with Crippen molar-refractivity contribution in [3.05, 3.63) is 29.6 Å². The fourth-order valence-electron chi connectivity index (χ4n) is 3.13. The maximum atomic E-state index is 13.7. The Balaban J connectivity index is 1.97. The zero-order chi connectivity index (χ0) is 11.1. The summed E-state index contributed by atoms with van der Waals surface area (Å²) in [6, 6.07) is 6.01.